The molecule has 1 heterocycles. The van der Waals surface area contributed by atoms with E-state index in [-0.39, 0.29) is 5.92 Å². The number of carboxylic acids is 1. The minimum Gasteiger partial charge on any atom is -0.481 e. The van der Waals surface area contributed by atoms with Crippen LogP contribution >= 0.6 is 0 Å². The Balaban J connectivity index is 2.24. The summed E-state index contributed by atoms with van der Waals surface area (Å²) < 4.78 is 1.73. The number of hydrogen-bond acceptors (Lipinski definition) is 3. The van der Waals surface area contributed by atoms with Crippen LogP contribution in [0.2, 0.25) is 0 Å². The molecule has 5 nitrogen and oxygen atoms in total. The monoisotopic (exact) mass is 251 g/mol. The maximum atomic E-state index is 11.5. The lowest BCUT2D eigenvalue weighted by molar-refractivity contribution is -0.148. The molecule has 0 atom stereocenters. The van der Waals surface area contributed by atoms with E-state index in [1.54, 1.807) is 4.68 Å². The summed E-state index contributed by atoms with van der Waals surface area (Å²) in [6.07, 6.45) is 4.01. The molecule has 2 rings (SSSR count). The molecule has 1 fully saturated rings. The van der Waals surface area contributed by atoms with Crippen LogP contribution in [-0.2, 0) is 18.3 Å². The van der Waals surface area contributed by atoms with Gasteiger partial charge in [0.1, 0.15) is 5.82 Å². The highest BCUT2D eigenvalue weighted by molar-refractivity contribution is 5.75. The van der Waals surface area contributed by atoms with Crippen molar-refractivity contribution in [3.63, 3.8) is 0 Å². The third-order valence-corrected chi connectivity index (χ3v) is 3.90. The molecule has 1 aromatic heterocycles. The molecule has 0 radical (unpaired) electrons. The molecular formula is C13H21N3O2. The minimum absolute atomic E-state index is 0.273. The first-order chi connectivity index (χ1) is 8.44. The van der Waals surface area contributed by atoms with E-state index >= 15 is 0 Å². The van der Waals surface area contributed by atoms with E-state index in [9.17, 15) is 9.90 Å². The average Bonchev–Trinajstić information content (AvgIpc) is 2.88. The molecule has 1 aliphatic rings. The fourth-order valence-electron chi connectivity index (χ4n) is 2.66. The summed E-state index contributed by atoms with van der Waals surface area (Å²) in [5.74, 6) is 1.18. The Kier molecular flexibility index (Phi) is 3.41. The zero-order valence-electron chi connectivity index (χ0n) is 11.3. The second-order valence-corrected chi connectivity index (χ2v) is 5.63. The molecule has 1 saturated carbocycles. The Bertz CT molecular complexity index is 445. The molecule has 0 spiro atoms. The van der Waals surface area contributed by atoms with Gasteiger partial charge >= 0.3 is 5.97 Å². The van der Waals surface area contributed by atoms with E-state index in [0.717, 1.165) is 37.3 Å². The summed E-state index contributed by atoms with van der Waals surface area (Å²) in [6, 6.07) is 0. The Morgan fingerprint density at radius 2 is 2.06 bits per heavy atom. The number of hydrogen-bond donors (Lipinski definition) is 1. The number of aryl methyl sites for hydroxylation is 1. The molecule has 100 valence electrons. The van der Waals surface area contributed by atoms with Crippen LogP contribution in [0.15, 0.2) is 0 Å². The Morgan fingerprint density at radius 3 is 2.50 bits per heavy atom. The van der Waals surface area contributed by atoms with Crippen LogP contribution in [-0.4, -0.2) is 25.8 Å². The highest BCUT2D eigenvalue weighted by atomic mass is 16.4. The summed E-state index contributed by atoms with van der Waals surface area (Å²) in [5.41, 5.74) is -0.616. The normalized spacial score (nSPS) is 18.4. The first-order valence-electron chi connectivity index (χ1n) is 6.58. The van der Waals surface area contributed by atoms with Gasteiger partial charge in [-0.25, -0.2) is 4.98 Å². The first-order valence-corrected chi connectivity index (χ1v) is 6.58. The van der Waals surface area contributed by atoms with Gasteiger partial charge in [-0.3, -0.25) is 9.48 Å². The SMILES string of the molecule is CC(C)c1nc(CC2(C(=O)O)CCCC2)n(C)n1. The van der Waals surface area contributed by atoms with E-state index in [1.807, 2.05) is 20.9 Å². The van der Waals surface area contributed by atoms with Crippen molar-refractivity contribution < 1.29 is 9.90 Å². The van der Waals surface area contributed by atoms with Crippen LogP contribution in [0.5, 0.6) is 0 Å². The average molecular weight is 251 g/mol. The number of carbonyl (C=O) groups is 1. The van der Waals surface area contributed by atoms with Gasteiger partial charge in [0.25, 0.3) is 0 Å². The lowest BCUT2D eigenvalue weighted by atomic mass is 9.82. The largest absolute Gasteiger partial charge is 0.481 e. The molecule has 0 aliphatic heterocycles. The quantitative estimate of drug-likeness (QED) is 0.890. The zero-order chi connectivity index (χ0) is 13.3. The maximum Gasteiger partial charge on any atom is 0.310 e. The van der Waals surface area contributed by atoms with Crippen LogP contribution in [0.3, 0.4) is 0 Å². The van der Waals surface area contributed by atoms with Gasteiger partial charge in [0.15, 0.2) is 5.82 Å². The molecule has 18 heavy (non-hydrogen) atoms. The van der Waals surface area contributed by atoms with Gasteiger partial charge in [-0.1, -0.05) is 26.7 Å². The Hall–Kier alpha value is -1.39. The molecule has 1 N–H and O–H groups in total. The predicted molar refractivity (Wildman–Crippen MR) is 67.3 cm³/mol. The summed E-state index contributed by atoms with van der Waals surface area (Å²) in [4.78, 5) is 16.0. The molecular weight excluding hydrogens is 230 g/mol. The molecule has 1 aromatic rings. The molecule has 0 unspecified atom stereocenters. The molecule has 5 heteroatoms. The number of rotatable bonds is 4. The smallest absolute Gasteiger partial charge is 0.310 e. The van der Waals surface area contributed by atoms with Crippen molar-refractivity contribution in [2.24, 2.45) is 12.5 Å². The van der Waals surface area contributed by atoms with Crippen molar-refractivity contribution in [3.05, 3.63) is 11.6 Å². The predicted octanol–water partition coefficient (Wildman–Crippen LogP) is 2.13. The second kappa shape index (κ2) is 4.71. The molecule has 0 bridgehead atoms. The van der Waals surface area contributed by atoms with Gasteiger partial charge < -0.3 is 5.11 Å². The standard InChI is InChI=1S/C13H21N3O2/c1-9(2)11-14-10(16(3)15-11)8-13(12(17)18)6-4-5-7-13/h9H,4-8H2,1-3H3,(H,17,18). The van der Waals surface area contributed by atoms with Crippen molar-refractivity contribution in [2.75, 3.05) is 0 Å². The lowest BCUT2D eigenvalue weighted by Crippen LogP contribution is -2.31. The zero-order valence-corrected chi connectivity index (χ0v) is 11.3. The third kappa shape index (κ3) is 2.26. The number of carboxylic acid groups (broad SMARTS) is 1. The Labute approximate surface area is 107 Å². The highest BCUT2D eigenvalue weighted by Gasteiger charge is 2.42. The van der Waals surface area contributed by atoms with Gasteiger partial charge in [-0.2, -0.15) is 5.10 Å². The number of aromatic nitrogens is 3. The van der Waals surface area contributed by atoms with Crippen molar-refractivity contribution in [2.45, 2.75) is 51.9 Å². The van der Waals surface area contributed by atoms with E-state index in [4.69, 9.17) is 0 Å². The van der Waals surface area contributed by atoms with Crippen LogP contribution in [0.1, 0.15) is 57.1 Å². The van der Waals surface area contributed by atoms with Crippen molar-refractivity contribution in [3.8, 4) is 0 Å². The van der Waals surface area contributed by atoms with Crippen LogP contribution < -0.4 is 0 Å². The minimum atomic E-state index is -0.686. The van der Waals surface area contributed by atoms with E-state index in [0.29, 0.717) is 6.42 Å². The second-order valence-electron chi connectivity index (χ2n) is 5.63. The lowest BCUT2D eigenvalue weighted by Gasteiger charge is -2.22. The number of aliphatic carboxylic acids is 1. The number of nitrogens with zero attached hydrogens (tertiary/aromatic N) is 3. The van der Waals surface area contributed by atoms with E-state index in [1.165, 1.54) is 0 Å². The first kappa shape index (κ1) is 13.1. The molecule has 1 aliphatic carbocycles. The fraction of sp³-hybridized carbons (Fsp3) is 0.769. The van der Waals surface area contributed by atoms with E-state index < -0.39 is 11.4 Å². The van der Waals surface area contributed by atoms with Crippen molar-refractivity contribution in [1.82, 2.24) is 14.8 Å². The van der Waals surface area contributed by atoms with Crippen LogP contribution in [0, 0.1) is 5.41 Å². The van der Waals surface area contributed by atoms with Crippen molar-refractivity contribution >= 4 is 5.97 Å². The summed E-state index contributed by atoms with van der Waals surface area (Å²) in [5, 5.41) is 13.8. The molecule has 0 aromatic carbocycles. The summed E-state index contributed by atoms with van der Waals surface area (Å²) >= 11 is 0. The van der Waals surface area contributed by atoms with Gasteiger partial charge in [-0.15, -0.1) is 0 Å². The summed E-state index contributed by atoms with van der Waals surface area (Å²) in [6.45, 7) is 4.09. The van der Waals surface area contributed by atoms with Crippen molar-refractivity contribution in [1.29, 1.82) is 0 Å². The Morgan fingerprint density at radius 1 is 1.44 bits per heavy atom. The van der Waals surface area contributed by atoms with Gasteiger partial charge in [0, 0.05) is 19.4 Å². The third-order valence-electron chi connectivity index (χ3n) is 3.90. The summed E-state index contributed by atoms with van der Waals surface area (Å²) in [7, 11) is 1.85. The van der Waals surface area contributed by atoms with Gasteiger partial charge in [0.2, 0.25) is 0 Å². The van der Waals surface area contributed by atoms with Gasteiger partial charge in [-0.05, 0) is 12.8 Å². The van der Waals surface area contributed by atoms with E-state index in [2.05, 4.69) is 10.1 Å². The van der Waals surface area contributed by atoms with Gasteiger partial charge in [0.05, 0.1) is 5.41 Å². The molecule has 0 saturated heterocycles. The topological polar surface area (TPSA) is 68.0 Å². The maximum absolute atomic E-state index is 11.5. The fourth-order valence-corrected chi connectivity index (χ4v) is 2.66. The van der Waals surface area contributed by atoms with Crippen LogP contribution in [0.4, 0.5) is 0 Å². The highest BCUT2D eigenvalue weighted by Crippen LogP contribution is 2.40. The molecule has 0 amide bonds. The van der Waals surface area contributed by atoms with Crippen LogP contribution in [0.25, 0.3) is 0 Å².